The molecular formula is C20H25N5O2. The van der Waals surface area contributed by atoms with E-state index in [-0.39, 0.29) is 5.91 Å². The molecule has 4 heterocycles. The van der Waals surface area contributed by atoms with E-state index >= 15 is 0 Å². The Hall–Kier alpha value is -2.54. The van der Waals surface area contributed by atoms with Crippen molar-refractivity contribution in [1.29, 1.82) is 0 Å². The lowest BCUT2D eigenvalue weighted by Gasteiger charge is -2.25. The first kappa shape index (κ1) is 17.9. The lowest BCUT2D eigenvalue weighted by atomic mass is 10.0. The van der Waals surface area contributed by atoms with Gasteiger partial charge in [0.05, 0.1) is 13.2 Å². The van der Waals surface area contributed by atoms with Gasteiger partial charge >= 0.3 is 0 Å². The lowest BCUT2D eigenvalue weighted by molar-refractivity contribution is 0.102. The molecule has 1 atom stereocenters. The minimum atomic E-state index is -0.151. The van der Waals surface area contributed by atoms with E-state index in [0.29, 0.717) is 37.1 Å². The maximum absolute atomic E-state index is 13.1. The minimum absolute atomic E-state index is 0.151. The molecule has 0 aliphatic carbocycles. The molecule has 1 amide bonds. The standard InChI is InChI=1S/C20H25N5O2/c1-13-10-18(22-12-21-13)24-20(26)16-11-19(25-7-3-4-14(25)2)23-17-6-9-27-8-5-15(16)17/h10-12,14H,3-9H2,1-2H3,(H,21,22,24,26). The van der Waals surface area contributed by atoms with Crippen LogP contribution in [0.1, 0.15) is 47.1 Å². The number of carbonyl (C=O) groups excluding carboxylic acids is 1. The molecule has 7 nitrogen and oxygen atoms in total. The zero-order valence-corrected chi connectivity index (χ0v) is 15.9. The van der Waals surface area contributed by atoms with Crippen molar-refractivity contribution in [3.05, 3.63) is 41.0 Å². The molecule has 2 aromatic heterocycles. The molecule has 2 aliphatic heterocycles. The second-order valence-electron chi connectivity index (χ2n) is 7.25. The summed E-state index contributed by atoms with van der Waals surface area (Å²) in [6.45, 7) is 6.33. The van der Waals surface area contributed by atoms with Gasteiger partial charge in [-0.25, -0.2) is 15.0 Å². The predicted octanol–water partition coefficient (Wildman–Crippen LogP) is 2.54. The Kier molecular flexibility index (Phi) is 5.03. The van der Waals surface area contributed by atoms with Gasteiger partial charge < -0.3 is 15.0 Å². The fraction of sp³-hybridized carbons (Fsp3) is 0.500. The van der Waals surface area contributed by atoms with Crippen molar-refractivity contribution < 1.29 is 9.53 Å². The molecular weight excluding hydrogens is 342 g/mol. The number of nitrogens with one attached hydrogen (secondary N) is 1. The molecule has 0 spiro atoms. The summed E-state index contributed by atoms with van der Waals surface area (Å²) in [4.78, 5) is 28.5. The van der Waals surface area contributed by atoms with Gasteiger partial charge in [0.25, 0.3) is 5.91 Å². The number of rotatable bonds is 3. The molecule has 7 heteroatoms. The third kappa shape index (κ3) is 3.78. The molecule has 0 saturated carbocycles. The summed E-state index contributed by atoms with van der Waals surface area (Å²) in [5.41, 5.74) is 3.46. The zero-order chi connectivity index (χ0) is 18.8. The van der Waals surface area contributed by atoms with Crippen LogP contribution in [0.3, 0.4) is 0 Å². The van der Waals surface area contributed by atoms with Gasteiger partial charge in [-0.2, -0.15) is 0 Å². The van der Waals surface area contributed by atoms with Crippen molar-refractivity contribution in [2.24, 2.45) is 0 Å². The van der Waals surface area contributed by atoms with Crippen molar-refractivity contribution in [2.75, 3.05) is 30.0 Å². The van der Waals surface area contributed by atoms with E-state index in [1.807, 2.05) is 13.0 Å². The zero-order valence-electron chi connectivity index (χ0n) is 15.9. The molecule has 0 radical (unpaired) electrons. The fourth-order valence-corrected chi connectivity index (χ4v) is 3.87. The fourth-order valence-electron chi connectivity index (χ4n) is 3.87. The molecule has 2 aromatic rings. The van der Waals surface area contributed by atoms with Gasteiger partial charge in [-0.3, -0.25) is 4.79 Å². The summed E-state index contributed by atoms with van der Waals surface area (Å²) < 4.78 is 5.63. The van der Waals surface area contributed by atoms with Crippen LogP contribution in [-0.2, 0) is 17.6 Å². The minimum Gasteiger partial charge on any atom is -0.381 e. The summed E-state index contributed by atoms with van der Waals surface area (Å²) in [5.74, 6) is 1.26. The van der Waals surface area contributed by atoms with Crippen LogP contribution >= 0.6 is 0 Å². The summed E-state index contributed by atoms with van der Waals surface area (Å²) >= 11 is 0. The number of pyridine rings is 1. The van der Waals surface area contributed by atoms with E-state index in [2.05, 4.69) is 27.1 Å². The van der Waals surface area contributed by atoms with Crippen molar-refractivity contribution in [3.63, 3.8) is 0 Å². The highest BCUT2D eigenvalue weighted by atomic mass is 16.5. The van der Waals surface area contributed by atoms with Gasteiger partial charge in [-0.1, -0.05) is 0 Å². The van der Waals surface area contributed by atoms with E-state index in [1.165, 1.54) is 6.33 Å². The molecule has 4 rings (SSSR count). The van der Waals surface area contributed by atoms with Gasteiger partial charge in [-0.05, 0) is 44.7 Å². The number of fused-ring (bicyclic) bond motifs is 1. The topological polar surface area (TPSA) is 80.2 Å². The Morgan fingerprint density at radius 3 is 2.89 bits per heavy atom. The van der Waals surface area contributed by atoms with E-state index in [0.717, 1.165) is 48.6 Å². The van der Waals surface area contributed by atoms with Crippen LogP contribution in [0.2, 0.25) is 0 Å². The molecule has 1 saturated heterocycles. The highest BCUT2D eigenvalue weighted by Gasteiger charge is 2.26. The van der Waals surface area contributed by atoms with Crippen LogP contribution in [0.25, 0.3) is 0 Å². The number of anilines is 2. The Labute approximate surface area is 159 Å². The normalized spacial score (nSPS) is 19.5. The first-order valence-electron chi connectivity index (χ1n) is 9.59. The Balaban J connectivity index is 1.71. The van der Waals surface area contributed by atoms with Crippen molar-refractivity contribution in [3.8, 4) is 0 Å². The van der Waals surface area contributed by atoms with Crippen LogP contribution in [0.5, 0.6) is 0 Å². The number of ether oxygens (including phenoxy) is 1. The number of amides is 1. The number of aryl methyl sites for hydroxylation is 1. The number of hydrogen-bond donors (Lipinski definition) is 1. The maximum atomic E-state index is 13.1. The number of carbonyl (C=O) groups is 1. The monoisotopic (exact) mass is 367 g/mol. The van der Waals surface area contributed by atoms with Crippen LogP contribution in [0.15, 0.2) is 18.5 Å². The van der Waals surface area contributed by atoms with Gasteiger partial charge in [0.1, 0.15) is 18.0 Å². The summed E-state index contributed by atoms with van der Waals surface area (Å²) in [5, 5.41) is 2.92. The van der Waals surface area contributed by atoms with Crippen LogP contribution in [0.4, 0.5) is 11.6 Å². The summed E-state index contributed by atoms with van der Waals surface area (Å²) in [6, 6.07) is 4.15. The summed E-state index contributed by atoms with van der Waals surface area (Å²) in [6.07, 6.45) is 5.21. The smallest absolute Gasteiger partial charge is 0.257 e. The van der Waals surface area contributed by atoms with Crippen molar-refractivity contribution >= 4 is 17.5 Å². The van der Waals surface area contributed by atoms with Crippen LogP contribution in [-0.4, -0.2) is 46.7 Å². The number of aromatic nitrogens is 3. The first-order chi connectivity index (χ1) is 13.1. The molecule has 27 heavy (non-hydrogen) atoms. The predicted molar refractivity (Wildman–Crippen MR) is 103 cm³/mol. The Bertz CT molecular complexity index is 854. The molecule has 1 fully saturated rings. The quantitative estimate of drug-likeness (QED) is 0.898. The third-order valence-corrected chi connectivity index (χ3v) is 5.31. The SMILES string of the molecule is Cc1cc(NC(=O)c2cc(N3CCCC3C)nc3c2CCOCC3)ncn1. The van der Waals surface area contributed by atoms with E-state index in [4.69, 9.17) is 9.72 Å². The average molecular weight is 367 g/mol. The molecule has 1 N–H and O–H groups in total. The molecule has 142 valence electrons. The van der Waals surface area contributed by atoms with E-state index < -0.39 is 0 Å². The molecule has 1 unspecified atom stereocenters. The lowest BCUT2D eigenvalue weighted by Crippen LogP contribution is -2.28. The van der Waals surface area contributed by atoms with Gasteiger partial charge in [-0.15, -0.1) is 0 Å². The van der Waals surface area contributed by atoms with Crippen molar-refractivity contribution in [2.45, 2.75) is 45.6 Å². The average Bonchev–Trinajstić information content (AvgIpc) is 2.93. The Morgan fingerprint density at radius 1 is 1.26 bits per heavy atom. The number of hydrogen-bond acceptors (Lipinski definition) is 6. The van der Waals surface area contributed by atoms with E-state index in [1.54, 1.807) is 6.07 Å². The highest BCUT2D eigenvalue weighted by molar-refractivity contribution is 6.05. The molecule has 0 aromatic carbocycles. The summed E-state index contributed by atoms with van der Waals surface area (Å²) in [7, 11) is 0. The van der Waals surface area contributed by atoms with Gasteiger partial charge in [0.15, 0.2) is 0 Å². The van der Waals surface area contributed by atoms with Gasteiger partial charge in [0.2, 0.25) is 0 Å². The molecule has 0 bridgehead atoms. The van der Waals surface area contributed by atoms with Crippen LogP contribution < -0.4 is 10.2 Å². The maximum Gasteiger partial charge on any atom is 0.257 e. The van der Waals surface area contributed by atoms with E-state index in [9.17, 15) is 4.79 Å². The van der Waals surface area contributed by atoms with Crippen LogP contribution in [0, 0.1) is 6.92 Å². The Morgan fingerprint density at radius 2 is 2.11 bits per heavy atom. The van der Waals surface area contributed by atoms with Gasteiger partial charge in [0, 0.05) is 42.0 Å². The van der Waals surface area contributed by atoms with Crippen molar-refractivity contribution in [1.82, 2.24) is 15.0 Å². The second kappa shape index (κ2) is 7.60. The first-order valence-corrected chi connectivity index (χ1v) is 9.59. The largest absolute Gasteiger partial charge is 0.381 e. The number of nitrogens with zero attached hydrogens (tertiary/aromatic N) is 4. The third-order valence-electron chi connectivity index (χ3n) is 5.31. The highest BCUT2D eigenvalue weighted by Crippen LogP contribution is 2.28. The molecule has 2 aliphatic rings. The second-order valence-corrected chi connectivity index (χ2v) is 7.25.